The number of hydrogen-bond donors (Lipinski definition) is 1. The van der Waals surface area contributed by atoms with Crippen LogP contribution in [-0.4, -0.2) is 36.0 Å². The largest absolute Gasteiger partial charge is 0.490 e. The minimum atomic E-state index is -0.533. The minimum absolute atomic E-state index is 0.0639. The molecular weight excluding hydrogens is 671 g/mol. The van der Waals surface area contributed by atoms with Crippen molar-refractivity contribution in [2.45, 2.75) is 50.9 Å². The predicted molar refractivity (Wildman–Crippen MR) is 206 cm³/mol. The Morgan fingerprint density at radius 3 is 1.87 bits per heavy atom. The summed E-state index contributed by atoms with van der Waals surface area (Å²) in [6, 6.07) is 31.6. The Labute approximate surface area is 309 Å². The van der Waals surface area contributed by atoms with Crippen LogP contribution < -0.4 is 24.6 Å². The number of para-hydroxylation sites is 2. The molecule has 1 saturated heterocycles. The molecule has 8 nitrogen and oxygen atoms in total. The van der Waals surface area contributed by atoms with Crippen molar-refractivity contribution in [3.05, 3.63) is 120 Å². The summed E-state index contributed by atoms with van der Waals surface area (Å²) in [5.41, 5.74) is 4.04. The fourth-order valence-electron chi connectivity index (χ4n) is 9.22. The lowest BCUT2D eigenvalue weighted by molar-refractivity contribution is -0.121. The Morgan fingerprint density at radius 1 is 0.769 bits per heavy atom. The maximum atomic E-state index is 13.9. The molecule has 4 aromatic carbocycles. The molecule has 0 atom stereocenters. The van der Waals surface area contributed by atoms with Gasteiger partial charge in [0.25, 0.3) is 17.7 Å². The van der Waals surface area contributed by atoms with Crippen LogP contribution in [0.15, 0.2) is 109 Å². The molecule has 5 fully saturated rings. The molecule has 1 aliphatic heterocycles. The lowest BCUT2D eigenvalue weighted by Crippen LogP contribution is -2.56. The van der Waals surface area contributed by atoms with Crippen LogP contribution in [0.4, 0.5) is 17.1 Å². The van der Waals surface area contributed by atoms with Crippen molar-refractivity contribution in [3.8, 4) is 11.5 Å². The molecule has 3 amide bonds. The summed E-state index contributed by atoms with van der Waals surface area (Å²) in [5.74, 6) is 2.03. The molecule has 1 heterocycles. The highest BCUT2D eigenvalue weighted by Crippen LogP contribution is 2.60. The van der Waals surface area contributed by atoms with Crippen LogP contribution in [0.1, 0.15) is 56.6 Å². The Bertz CT molecular complexity index is 1950. The van der Waals surface area contributed by atoms with Crippen LogP contribution in [0.3, 0.4) is 0 Å². The SMILES string of the molecule is CCOc1cc(C=C2C(=O)N(c3ccccc3)C(=S)N(c3ccccc3)C2=O)ccc1OCC(=O)Nc1ccc(C23CC4CC(CC(C4)C2)C3)cc1. The van der Waals surface area contributed by atoms with E-state index in [1.165, 1.54) is 60.0 Å². The summed E-state index contributed by atoms with van der Waals surface area (Å²) in [7, 11) is 0. The topological polar surface area (TPSA) is 88.2 Å². The zero-order chi connectivity index (χ0) is 35.8. The van der Waals surface area contributed by atoms with E-state index >= 15 is 0 Å². The van der Waals surface area contributed by atoms with E-state index in [0.29, 0.717) is 40.5 Å². The van der Waals surface area contributed by atoms with Crippen LogP contribution in [0.5, 0.6) is 11.5 Å². The number of anilines is 3. The summed E-state index contributed by atoms with van der Waals surface area (Å²) in [6.07, 6.45) is 9.67. The van der Waals surface area contributed by atoms with E-state index in [4.69, 9.17) is 21.7 Å². The van der Waals surface area contributed by atoms with Gasteiger partial charge in [-0.05, 0) is 147 Å². The Balaban J connectivity index is 0.979. The molecule has 52 heavy (non-hydrogen) atoms. The molecule has 9 heteroatoms. The quantitative estimate of drug-likeness (QED) is 0.101. The smallest absolute Gasteiger partial charge is 0.270 e. The maximum absolute atomic E-state index is 13.9. The van der Waals surface area contributed by atoms with Crippen LogP contribution in [0, 0.1) is 17.8 Å². The number of rotatable bonds is 10. The molecule has 4 aliphatic carbocycles. The van der Waals surface area contributed by atoms with E-state index in [9.17, 15) is 14.4 Å². The van der Waals surface area contributed by atoms with Crippen molar-refractivity contribution in [1.29, 1.82) is 0 Å². The van der Waals surface area contributed by atoms with Gasteiger partial charge in [0.15, 0.2) is 23.2 Å². The van der Waals surface area contributed by atoms with Crippen molar-refractivity contribution in [2.75, 3.05) is 28.3 Å². The van der Waals surface area contributed by atoms with E-state index in [1.807, 2.05) is 55.5 Å². The summed E-state index contributed by atoms with van der Waals surface area (Å²) in [6.45, 7) is 1.97. The molecule has 0 unspecified atom stereocenters. The van der Waals surface area contributed by atoms with Crippen molar-refractivity contribution in [3.63, 3.8) is 0 Å². The average Bonchev–Trinajstić information content (AvgIpc) is 3.14. The molecule has 0 aromatic heterocycles. The summed E-state index contributed by atoms with van der Waals surface area (Å²) >= 11 is 5.71. The lowest BCUT2D eigenvalue weighted by Gasteiger charge is -2.57. The third-order valence-electron chi connectivity index (χ3n) is 11.0. The second-order valence-electron chi connectivity index (χ2n) is 14.5. The van der Waals surface area contributed by atoms with Gasteiger partial charge in [0.1, 0.15) is 5.57 Å². The molecule has 1 N–H and O–H groups in total. The Morgan fingerprint density at radius 2 is 1.33 bits per heavy atom. The average molecular weight is 712 g/mol. The molecule has 4 saturated carbocycles. The molecule has 9 rings (SSSR count). The third-order valence-corrected chi connectivity index (χ3v) is 11.4. The van der Waals surface area contributed by atoms with Crippen molar-refractivity contribution in [1.82, 2.24) is 0 Å². The Hall–Kier alpha value is -5.28. The normalized spacial score (nSPS) is 23.5. The monoisotopic (exact) mass is 711 g/mol. The number of benzene rings is 4. The molecular formula is C43H41N3O5S. The first-order chi connectivity index (χ1) is 25.3. The van der Waals surface area contributed by atoms with Crippen molar-refractivity contribution < 1.29 is 23.9 Å². The van der Waals surface area contributed by atoms with Crippen LogP contribution in [0.2, 0.25) is 0 Å². The van der Waals surface area contributed by atoms with Crippen LogP contribution >= 0.6 is 12.2 Å². The number of carbonyl (C=O) groups excluding carboxylic acids is 3. The molecule has 5 aliphatic rings. The molecule has 264 valence electrons. The minimum Gasteiger partial charge on any atom is -0.490 e. The van der Waals surface area contributed by atoms with E-state index in [0.717, 1.165) is 23.4 Å². The second kappa shape index (κ2) is 14.0. The first-order valence-corrected chi connectivity index (χ1v) is 18.6. The summed E-state index contributed by atoms with van der Waals surface area (Å²) in [4.78, 5) is 43.6. The number of ether oxygens (including phenoxy) is 2. The highest BCUT2D eigenvalue weighted by atomic mass is 32.1. The van der Waals surface area contributed by atoms with E-state index < -0.39 is 11.8 Å². The zero-order valence-electron chi connectivity index (χ0n) is 29.1. The molecule has 0 spiro atoms. The van der Waals surface area contributed by atoms with Gasteiger partial charge in [-0.15, -0.1) is 0 Å². The fraction of sp³-hybridized carbons (Fsp3) is 0.302. The van der Waals surface area contributed by atoms with E-state index in [-0.39, 0.29) is 23.2 Å². The standard InChI is InChI=1S/C43H41N3O5S/c1-2-50-38-23-28(22-36-40(48)45(34-9-5-3-6-10-34)42(52)46(41(36)49)35-11-7-4-8-12-35)13-18-37(38)51-27-39(47)44-33-16-14-32(15-17-33)43-24-29-19-30(25-43)21-31(20-29)26-43/h3-18,22-23,29-31H,2,19-21,24-27H2,1H3,(H,44,47). The van der Waals surface area contributed by atoms with Gasteiger partial charge >= 0.3 is 0 Å². The number of carbonyl (C=O) groups is 3. The Kier molecular flexibility index (Phi) is 9.13. The van der Waals surface area contributed by atoms with Crippen molar-refractivity contribution in [2.24, 2.45) is 17.8 Å². The highest BCUT2D eigenvalue weighted by molar-refractivity contribution is 7.81. The third kappa shape index (κ3) is 6.50. The van der Waals surface area contributed by atoms with Crippen molar-refractivity contribution >= 4 is 58.2 Å². The predicted octanol–water partition coefficient (Wildman–Crippen LogP) is 8.32. The second-order valence-corrected chi connectivity index (χ2v) is 14.9. The fourth-order valence-corrected chi connectivity index (χ4v) is 9.60. The maximum Gasteiger partial charge on any atom is 0.270 e. The van der Waals surface area contributed by atoms with Gasteiger partial charge in [0.2, 0.25) is 0 Å². The summed E-state index contributed by atoms with van der Waals surface area (Å²) < 4.78 is 11.8. The first-order valence-electron chi connectivity index (χ1n) is 18.1. The summed E-state index contributed by atoms with van der Waals surface area (Å²) in [5, 5.41) is 3.04. The van der Waals surface area contributed by atoms with Gasteiger partial charge in [-0.1, -0.05) is 54.6 Å². The van der Waals surface area contributed by atoms with Crippen LogP contribution in [0.25, 0.3) is 6.08 Å². The number of thiocarbonyl (C=S) groups is 1. The molecule has 4 aromatic rings. The zero-order valence-corrected chi connectivity index (χ0v) is 29.9. The van der Waals surface area contributed by atoms with Gasteiger partial charge in [0.05, 0.1) is 18.0 Å². The van der Waals surface area contributed by atoms with Gasteiger partial charge < -0.3 is 14.8 Å². The van der Waals surface area contributed by atoms with Gasteiger partial charge in [-0.3, -0.25) is 24.2 Å². The van der Waals surface area contributed by atoms with E-state index in [2.05, 4.69) is 17.4 Å². The van der Waals surface area contributed by atoms with Gasteiger partial charge in [-0.2, -0.15) is 0 Å². The number of nitrogens with one attached hydrogen (secondary N) is 1. The van der Waals surface area contributed by atoms with Crippen LogP contribution in [-0.2, 0) is 19.8 Å². The number of nitrogens with zero attached hydrogens (tertiary/aromatic N) is 2. The first kappa shape index (κ1) is 33.8. The van der Waals surface area contributed by atoms with Gasteiger partial charge in [-0.25, -0.2) is 0 Å². The number of amides is 3. The lowest BCUT2D eigenvalue weighted by atomic mass is 9.48. The van der Waals surface area contributed by atoms with Gasteiger partial charge in [0, 0.05) is 5.69 Å². The van der Waals surface area contributed by atoms with E-state index in [1.54, 1.807) is 42.5 Å². The molecule has 4 bridgehead atoms. The number of hydrogen-bond acceptors (Lipinski definition) is 6. The molecule has 0 radical (unpaired) electrons. The highest BCUT2D eigenvalue weighted by Gasteiger charge is 2.51.